The fourth-order valence-corrected chi connectivity index (χ4v) is 4.26. The summed E-state index contributed by atoms with van der Waals surface area (Å²) < 4.78 is 12.4. The second-order valence-electron chi connectivity index (χ2n) is 5.33. The molecule has 1 saturated carbocycles. The van der Waals surface area contributed by atoms with Crippen molar-refractivity contribution in [2.45, 2.75) is 55.3 Å². The molecule has 3 atom stereocenters. The molecule has 92 valence electrons. The third-order valence-electron chi connectivity index (χ3n) is 3.77. The van der Waals surface area contributed by atoms with E-state index in [0.29, 0.717) is 12.1 Å². The maximum atomic E-state index is 12.4. The highest BCUT2D eigenvalue weighted by molar-refractivity contribution is 7.85. The molecule has 0 amide bonds. The third kappa shape index (κ3) is 2.06. The fourth-order valence-electron chi connectivity index (χ4n) is 2.66. The number of aryl methyl sites for hydroxylation is 1. The molecule has 1 aliphatic heterocycles. The van der Waals surface area contributed by atoms with Crippen LogP contribution in [0.5, 0.6) is 0 Å². The summed E-state index contributed by atoms with van der Waals surface area (Å²) in [7, 11) is -0.827. The van der Waals surface area contributed by atoms with E-state index < -0.39 is 10.8 Å². The van der Waals surface area contributed by atoms with Gasteiger partial charge in [0, 0.05) is 22.2 Å². The number of benzene rings is 1. The Balaban J connectivity index is 2.01. The van der Waals surface area contributed by atoms with Crippen LogP contribution in [0.1, 0.15) is 43.4 Å². The van der Waals surface area contributed by atoms with Crippen LogP contribution >= 0.6 is 0 Å². The summed E-state index contributed by atoms with van der Waals surface area (Å²) in [5, 5.41) is 3.96. The van der Waals surface area contributed by atoms with Gasteiger partial charge in [-0.25, -0.2) is 0 Å². The molecule has 1 aromatic rings. The maximum Gasteiger partial charge on any atom is 0.0564 e. The van der Waals surface area contributed by atoms with E-state index in [1.54, 1.807) is 0 Å². The van der Waals surface area contributed by atoms with Crippen molar-refractivity contribution in [3.05, 3.63) is 29.3 Å². The van der Waals surface area contributed by atoms with Gasteiger partial charge in [0.25, 0.3) is 0 Å². The van der Waals surface area contributed by atoms with Gasteiger partial charge in [0.05, 0.1) is 10.8 Å². The van der Waals surface area contributed by atoms with Crippen molar-refractivity contribution in [1.29, 1.82) is 0 Å². The van der Waals surface area contributed by atoms with Gasteiger partial charge in [0.2, 0.25) is 0 Å². The zero-order valence-electron chi connectivity index (χ0n) is 10.4. The van der Waals surface area contributed by atoms with Crippen molar-refractivity contribution < 1.29 is 4.21 Å². The van der Waals surface area contributed by atoms with Gasteiger partial charge in [0.1, 0.15) is 0 Å². The lowest BCUT2D eigenvalue weighted by Gasteiger charge is -2.31. The summed E-state index contributed by atoms with van der Waals surface area (Å²) >= 11 is 0. The average molecular weight is 249 g/mol. The Labute approximate surface area is 105 Å². The van der Waals surface area contributed by atoms with E-state index >= 15 is 0 Å². The van der Waals surface area contributed by atoms with Crippen LogP contribution in [0.2, 0.25) is 0 Å². The van der Waals surface area contributed by atoms with Gasteiger partial charge in [-0.05, 0) is 37.3 Å². The van der Waals surface area contributed by atoms with Gasteiger partial charge < -0.3 is 5.32 Å². The minimum atomic E-state index is -0.827. The van der Waals surface area contributed by atoms with E-state index in [1.165, 1.54) is 24.0 Å². The largest absolute Gasteiger partial charge is 0.307 e. The van der Waals surface area contributed by atoms with Gasteiger partial charge in [-0.3, -0.25) is 4.21 Å². The maximum absolute atomic E-state index is 12.4. The lowest BCUT2D eigenvalue weighted by molar-refractivity contribution is 0.474. The van der Waals surface area contributed by atoms with Crippen molar-refractivity contribution in [3.8, 4) is 0 Å². The van der Waals surface area contributed by atoms with E-state index in [9.17, 15) is 4.21 Å². The van der Waals surface area contributed by atoms with Crippen LogP contribution in [-0.2, 0) is 10.8 Å². The quantitative estimate of drug-likeness (QED) is 0.873. The van der Waals surface area contributed by atoms with Crippen LogP contribution in [-0.4, -0.2) is 15.5 Å². The molecule has 0 aromatic heterocycles. The van der Waals surface area contributed by atoms with Gasteiger partial charge in [0.15, 0.2) is 0 Å². The van der Waals surface area contributed by atoms with Crippen molar-refractivity contribution in [1.82, 2.24) is 5.32 Å². The Morgan fingerprint density at radius 2 is 2.12 bits per heavy atom. The second kappa shape index (κ2) is 4.21. The van der Waals surface area contributed by atoms with Gasteiger partial charge >= 0.3 is 0 Å². The molecule has 3 heteroatoms. The van der Waals surface area contributed by atoms with Crippen molar-refractivity contribution in [2.24, 2.45) is 0 Å². The van der Waals surface area contributed by atoms with Gasteiger partial charge in [-0.15, -0.1) is 0 Å². The molecule has 17 heavy (non-hydrogen) atoms. The Morgan fingerprint density at radius 3 is 2.82 bits per heavy atom. The second-order valence-corrected chi connectivity index (χ2v) is 7.14. The molecule has 2 nitrogen and oxygen atoms in total. The van der Waals surface area contributed by atoms with Crippen LogP contribution in [0.3, 0.4) is 0 Å². The van der Waals surface area contributed by atoms with Crippen LogP contribution < -0.4 is 5.32 Å². The minimum absolute atomic E-state index is 0.264. The summed E-state index contributed by atoms with van der Waals surface area (Å²) in [5.41, 5.74) is 2.45. The number of hydrogen-bond donors (Lipinski definition) is 1. The molecule has 0 saturated heterocycles. The van der Waals surface area contributed by atoms with E-state index in [-0.39, 0.29) is 5.25 Å². The number of fused-ring (bicyclic) bond motifs is 1. The Kier molecular flexibility index (Phi) is 2.83. The lowest BCUT2D eigenvalue weighted by atomic mass is 9.99. The molecular weight excluding hydrogens is 230 g/mol. The predicted octanol–water partition coefficient (Wildman–Crippen LogP) is 2.69. The standard InChI is InChI=1S/C14H19NOS/c1-9-4-3-5-12-13(15-11-6-7-11)8-10(2)17(16)14(9)12/h3-5,10-11,13,15H,6-8H2,1-2H3. The molecule has 3 rings (SSSR count). The van der Waals surface area contributed by atoms with Gasteiger partial charge in [-0.1, -0.05) is 25.1 Å². The first-order valence-electron chi connectivity index (χ1n) is 6.43. The van der Waals surface area contributed by atoms with Crippen LogP contribution in [0, 0.1) is 6.92 Å². The SMILES string of the molecule is Cc1cccc2c1S(=O)C(C)CC2NC1CC1. The van der Waals surface area contributed by atoms with Crippen LogP contribution in [0.4, 0.5) is 0 Å². The molecule has 1 aliphatic carbocycles. The Morgan fingerprint density at radius 1 is 1.35 bits per heavy atom. The fraction of sp³-hybridized carbons (Fsp3) is 0.571. The molecule has 0 radical (unpaired) electrons. The first kappa shape index (κ1) is 11.4. The average Bonchev–Trinajstić information content (AvgIpc) is 3.09. The van der Waals surface area contributed by atoms with Crippen LogP contribution in [0.15, 0.2) is 23.1 Å². The van der Waals surface area contributed by atoms with Crippen molar-refractivity contribution in [3.63, 3.8) is 0 Å². The Bertz CT molecular complexity index is 467. The third-order valence-corrected chi connectivity index (χ3v) is 5.65. The normalized spacial score (nSPS) is 32.2. The summed E-state index contributed by atoms with van der Waals surface area (Å²) in [5.74, 6) is 0. The van der Waals surface area contributed by atoms with Crippen molar-refractivity contribution >= 4 is 10.8 Å². The molecule has 1 aromatic carbocycles. The van der Waals surface area contributed by atoms with Crippen molar-refractivity contribution in [2.75, 3.05) is 0 Å². The van der Waals surface area contributed by atoms with E-state index in [4.69, 9.17) is 0 Å². The van der Waals surface area contributed by atoms with E-state index in [1.807, 2.05) is 0 Å². The van der Waals surface area contributed by atoms with Crippen LogP contribution in [0.25, 0.3) is 0 Å². The number of hydrogen-bond acceptors (Lipinski definition) is 2. The molecular formula is C14H19NOS. The molecule has 1 fully saturated rings. The first-order chi connectivity index (χ1) is 8.16. The number of rotatable bonds is 2. The number of nitrogens with one attached hydrogen (secondary N) is 1. The zero-order chi connectivity index (χ0) is 12.0. The predicted molar refractivity (Wildman–Crippen MR) is 70.6 cm³/mol. The summed E-state index contributed by atoms with van der Waals surface area (Å²) in [4.78, 5) is 1.09. The molecule has 1 heterocycles. The molecule has 1 N–H and O–H groups in total. The zero-order valence-corrected chi connectivity index (χ0v) is 11.2. The molecule has 0 bridgehead atoms. The first-order valence-corrected chi connectivity index (χ1v) is 7.64. The highest BCUT2D eigenvalue weighted by Gasteiger charge is 2.34. The minimum Gasteiger partial charge on any atom is -0.307 e. The summed E-state index contributed by atoms with van der Waals surface area (Å²) in [6.45, 7) is 4.18. The monoisotopic (exact) mass is 249 g/mol. The van der Waals surface area contributed by atoms with E-state index in [0.717, 1.165) is 11.3 Å². The molecule has 3 unspecified atom stereocenters. The van der Waals surface area contributed by atoms with E-state index in [2.05, 4.69) is 37.4 Å². The Hall–Kier alpha value is -0.670. The highest BCUT2D eigenvalue weighted by atomic mass is 32.2. The smallest absolute Gasteiger partial charge is 0.0564 e. The highest BCUT2D eigenvalue weighted by Crippen LogP contribution is 2.37. The summed E-state index contributed by atoms with van der Waals surface area (Å²) in [6.07, 6.45) is 3.60. The molecule has 0 spiro atoms. The summed E-state index contributed by atoms with van der Waals surface area (Å²) in [6, 6.07) is 7.41. The topological polar surface area (TPSA) is 29.1 Å². The van der Waals surface area contributed by atoms with Gasteiger partial charge in [-0.2, -0.15) is 0 Å². The lowest BCUT2D eigenvalue weighted by Crippen LogP contribution is -2.33. The molecule has 2 aliphatic rings.